The lowest BCUT2D eigenvalue weighted by Gasteiger charge is -2.19. The zero-order valence-corrected chi connectivity index (χ0v) is 8.95. The van der Waals surface area contributed by atoms with E-state index in [0.717, 1.165) is 0 Å². The van der Waals surface area contributed by atoms with Crippen LogP contribution in [-0.4, -0.2) is 23.0 Å². The number of amides is 1. The number of pyridine rings is 1. The molecule has 0 fully saturated rings. The molecule has 82 valence electrons. The summed E-state index contributed by atoms with van der Waals surface area (Å²) in [7, 11) is 0. The Morgan fingerprint density at radius 1 is 1.53 bits per heavy atom. The Bertz CT molecular complexity index is 357. The summed E-state index contributed by atoms with van der Waals surface area (Å²) in [5, 5.41) is 3.04. The molecule has 0 bridgehead atoms. The van der Waals surface area contributed by atoms with E-state index in [1.807, 2.05) is 13.8 Å². The third-order valence-electron chi connectivity index (χ3n) is 1.73. The molecule has 0 unspecified atom stereocenters. The van der Waals surface area contributed by atoms with Crippen LogP contribution in [0.3, 0.4) is 0 Å². The van der Waals surface area contributed by atoms with Crippen LogP contribution in [0, 0.1) is 0 Å². The topological polar surface area (TPSA) is 94.0 Å². The second-order valence-corrected chi connectivity index (χ2v) is 4.11. The van der Waals surface area contributed by atoms with Crippen molar-refractivity contribution in [3.05, 3.63) is 23.9 Å². The summed E-state index contributed by atoms with van der Waals surface area (Å²) in [6.45, 7) is 4.37. The van der Waals surface area contributed by atoms with Gasteiger partial charge >= 0.3 is 0 Å². The highest BCUT2D eigenvalue weighted by molar-refractivity contribution is 5.91. The van der Waals surface area contributed by atoms with Gasteiger partial charge < -0.3 is 16.8 Å². The highest BCUT2D eigenvalue weighted by Crippen LogP contribution is 2.06. The van der Waals surface area contributed by atoms with Crippen molar-refractivity contribution in [3.8, 4) is 0 Å². The van der Waals surface area contributed by atoms with Gasteiger partial charge in [-0.2, -0.15) is 0 Å². The predicted molar refractivity (Wildman–Crippen MR) is 59.5 cm³/mol. The maximum atomic E-state index is 10.9. The van der Waals surface area contributed by atoms with Gasteiger partial charge in [0.2, 0.25) is 0 Å². The van der Waals surface area contributed by atoms with E-state index in [-0.39, 0.29) is 11.2 Å². The molecular weight excluding hydrogens is 192 g/mol. The largest absolute Gasteiger partial charge is 0.368 e. The molecule has 5 heteroatoms. The summed E-state index contributed by atoms with van der Waals surface area (Å²) < 4.78 is 0. The van der Waals surface area contributed by atoms with Crippen LogP contribution >= 0.6 is 0 Å². The lowest BCUT2D eigenvalue weighted by molar-refractivity contribution is 0.0995. The molecule has 0 aliphatic carbocycles. The van der Waals surface area contributed by atoms with E-state index in [1.165, 1.54) is 0 Å². The van der Waals surface area contributed by atoms with E-state index >= 15 is 0 Å². The predicted octanol–water partition coefficient (Wildman–Crippen LogP) is 0.330. The van der Waals surface area contributed by atoms with Gasteiger partial charge in [-0.05, 0) is 26.0 Å². The minimum Gasteiger partial charge on any atom is -0.368 e. The lowest BCUT2D eigenvalue weighted by atomic mass is 10.1. The molecule has 1 amide bonds. The molecule has 1 aromatic rings. The molecular formula is C10H16N4O. The van der Waals surface area contributed by atoms with E-state index in [1.54, 1.807) is 18.2 Å². The summed E-state index contributed by atoms with van der Waals surface area (Å²) in [6.07, 6.45) is 0. The maximum absolute atomic E-state index is 10.9. The Balaban J connectivity index is 2.70. The van der Waals surface area contributed by atoms with E-state index in [2.05, 4.69) is 10.3 Å². The van der Waals surface area contributed by atoms with E-state index < -0.39 is 5.91 Å². The van der Waals surface area contributed by atoms with Crippen LogP contribution in [0.1, 0.15) is 24.3 Å². The number of nitrogens with two attached hydrogens (primary N) is 2. The van der Waals surface area contributed by atoms with Crippen molar-refractivity contribution in [2.75, 3.05) is 11.9 Å². The molecule has 1 aromatic heterocycles. The molecule has 1 rings (SSSR count). The van der Waals surface area contributed by atoms with E-state index in [4.69, 9.17) is 11.5 Å². The van der Waals surface area contributed by atoms with Crippen LogP contribution in [0.15, 0.2) is 18.2 Å². The molecule has 0 aliphatic rings. The van der Waals surface area contributed by atoms with Crippen molar-refractivity contribution in [2.45, 2.75) is 19.4 Å². The van der Waals surface area contributed by atoms with Crippen molar-refractivity contribution in [3.63, 3.8) is 0 Å². The molecule has 1 heterocycles. The van der Waals surface area contributed by atoms with Gasteiger partial charge in [-0.25, -0.2) is 4.98 Å². The highest BCUT2D eigenvalue weighted by atomic mass is 16.1. The minimum atomic E-state index is -0.536. The van der Waals surface area contributed by atoms with Gasteiger partial charge in [0.05, 0.1) is 0 Å². The zero-order valence-electron chi connectivity index (χ0n) is 8.95. The molecule has 0 radical (unpaired) electrons. The third-order valence-corrected chi connectivity index (χ3v) is 1.73. The van der Waals surface area contributed by atoms with Gasteiger partial charge in [0.1, 0.15) is 11.5 Å². The van der Waals surface area contributed by atoms with Crippen molar-refractivity contribution in [2.24, 2.45) is 11.5 Å². The number of carbonyl (C=O) groups excluding carboxylic acids is 1. The molecule has 0 saturated carbocycles. The fourth-order valence-corrected chi connectivity index (χ4v) is 0.989. The molecule has 5 nitrogen and oxygen atoms in total. The first-order chi connectivity index (χ1) is 6.88. The van der Waals surface area contributed by atoms with Crippen molar-refractivity contribution in [1.82, 2.24) is 4.98 Å². The Kier molecular flexibility index (Phi) is 3.26. The third kappa shape index (κ3) is 3.95. The molecule has 0 aliphatic heterocycles. The molecule has 5 N–H and O–H groups in total. The van der Waals surface area contributed by atoms with Crippen LogP contribution in [0.25, 0.3) is 0 Å². The minimum absolute atomic E-state index is 0.245. The fraction of sp³-hybridized carbons (Fsp3) is 0.400. The van der Waals surface area contributed by atoms with Gasteiger partial charge in [-0.3, -0.25) is 4.79 Å². The molecule has 15 heavy (non-hydrogen) atoms. The number of rotatable bonds is 4. The Labute approximate surface area is 88.9 Å². The molecule has 0 spiro atoms. The van der Waals surface area contributed by atoms with Crippen molar-refractivity contribution >= 4 is 11.7 Å². The summed E-state index contributed by atoms with van der Waals surface area (Å²) in [4.78, 5) is 14.9. The first-order valence-corrected chi connectivity index (χ1v) is 4.68. The first kappa shape index (κ1) is 11.5. The van der Waals surface area contributed by atoms with Crippen molar-refractivity contribution < 1.29 is 4.79 Å². The molecule has 0 aromatic carbocycles. The maximum Gasteiger partial charge on any atom is 0.267 e. The average Bonchev–Trinajstić information content (AvgIpc) is 2.14. The number of hydrogen-bond acceptors (Lipinski definition) is 4. The SMILES string of the molecule is CC(C)(N)CNc1cccc(C(N)=O)n1. The first-order valence-electron chi connectivity index (χ1n) is 4.68. The molecule has 0 atom stereocenters. The van der Waals surface area contributed by atoms with Gasteiger partial charge in [0, 0.05) is 12.1 Å². The summed E-state index contributed by atoms with van der Waals surface area (Å²) >= 11 is 0. The number of primary amides is 1. The van der Waals surface area contributed by atoms with Crippen LogP contribution in [0.4, 0.5) is 5.82 Å². The van der Waals surface area contributed by atoms with E-state index in [0.29, 0.717) is 12.4 Å². The fourth-order valence-electron chi connectivity index (χ4n) is 0.989. The smallest absolute Gasteiger partial charge is 0.267 e. The summed E-state index contributed by atoms with van der Waals surface area (Å²) in [5.74, 6) is 0.0653. The number of anilines is 1. The Morgan fingerprint density at radius 2 is 2.20 bits per heavy atom. The van der Waals surface area contributed by atoms with E-state index in [9.17, 15) is 4.79 Å². The van der Waals surface area contributed by atoms with Crippen LogP contribution in [0.2, 0.25) is 0 Å². The number of aromatic nitrogens is 1. The summed E-state index contributed by atoms with van der Waals surface area (Å²) in [5.41, 5.74) is 10.8. The van der Waals surface area contributed by atoms with Crippen LogP contribution in [-0.2, 0) is 0 Å². The van der Waals surface area contributed by atoms with Crippen molar-refractivity contribution in [1.29, 1.82) is 0 Å². The average molecular weight is 208 g/mol. The molecule has 0 saturated heterocycles. The normalized spacial score (nSPS) is 11.1. The summed E-state index contributed by atoms with van der Waals surface area (Å²) in [6, 6.07) is 5.05. The highest BCUT2D eigenvalue weighted by Gasteiger charge is 2.10. The second-order valence-electron chi connectivity index (χ2n) is 4.11. The number of nitrogens with one attached hydrogen (secondary N) is 1. The Morgan fingerprint density at radius 3 is 2.73 bits per heavy atom. The lowest BCUT2D eigenvalue weighted by Crippen LogP contribution is -2.39. The standard InChI is InChI=1S/C10H16N4O/c1-10(2,12)6-13-8-5-3-4-7(14-8)9(11)15/h3-5H,6,12H2,1-2H3,(H2,11,15)(H,13,14). The zero-order chi connectivity index (χ0) is 11.5. The number of hydrogen-bond donors (Lipinski definition) is 3. The second kappa shape index (κ2) is 4.27. The van der Waals surface area contributed by atoms with Gasteiger partial charge in [0.25, 0.3) is 5.91 Å². The Hall–Kier alpha value is -1.62. The van der Waals surface area contributed by atoms with Crippen LogP contribution < -0.4 is 16.8 Å². The number of nitrogens with zero attached hydrogens (tertiary/aromatic N) is 1. The monoisotopic (exact) mass is 208 g/mol. The van der Waals surface area contributed by atoms with Gasteiger partial charge in [-0.1, -0.05) is 6.07 Å². The quantitative estimate of drug-likeness (QED) is 0.664. The number of carbonyl (C=O) groups is 1. The van der Waals surface area contributed by atoms with Gasteiger partial charge in [0.15, 0.2) is 0 Å². The van der Waals surface area contributed by atoms with Gasteiger partial charge in [-0.15, -0.1) is 0 Å². The van der Waals surface area contributed by atoms with Crippen LogP contribution in [0.5, 0.6) is 0 Å².